The van der Waals surface area contributed by atoms with E-state index in [1.165, 1.54) is 0 Å². The van der Waals surface area contributed by atoms with Gasteiger partial charge in [0.25, 0.3) is 0 Å². The third-order valence-corrected chi connectivity index (χ3v) is 4.91. The normalized spacial score (nSPS) is 20.6. The van der Waals surface area contributed by atoms with Gasteiger partial charge in [-0.25, -0.2) is 4.98 Å². The number of hydrogen-bond acceptors (Lipinski definition) is 4. The minimum absolute atomic E-state index is 0.102. The molecule has 0 amide bonds. The van der Waals surface area contributed by atoms with Crippen LogP contribution in [0.4, 0.5) is 5.82 Å². The van der Waals surface area contributed by atoms with E-state index >= 15 is 0 Å². The molecular weight excluding hydrogens is 322 g/mol. The summed E-state index contributed by atoms with van der Waals surface area (Å²) in [7, 11) is 0. The molecule has 124 valence electrons. The molecule has 4 nitrogen and oxygen atoms in total. The van der Waals surface area contributed by atoms with Crippen molar-refractivity contribution < 1.29 is 5.11 Å². The van der Waals surface area contributed by atoms with Gasteiger partial charge in [-0.3, -0.25) is 0 Å². The average Bonchev–Trinajstić information content (AvgIpc) is 2.62. The first-order valence-electron chi connectivity index (χ1n) is 8.11. The summed E-state index contributed by atoms with van der Waals surface area (Å²) in [5, 5.41) is 20.2. The molecule has 1 aromatic carbocycles. The molecule has 2 aromatic rings. The van der Waals surface area contributed by atoms with Crippen LogP contribution in [0.3, 0.4) is 0 Å². The highest BCUT2D eigenvalue weighted by Crippen LogP contribution is 2.36. The van der Waals surface area contributed by atoms with Crippen LogP contribution in [-0.2, 0) is 6.42 Å². The number of aliphatic hydroxyl groups excluding tert-OH is 1. The fraction of sp³-hybridized carbons (Fsp3) is 0.368. The van der Waals surface area contributed by atoms with Crippen LogP contribution in [0.1, 0.15) is 24.0 Å². The van der Waals surface area contributed by atoms with Crippen molar-refractivity contribution in [2.45, 2.75) is 19.3 Å². The highest BCUT2D eigenvalue weighted by atomic mass is 35.5. The molecule has 0 spiro atoms. The van der Waals surface area contributed by atoms with Crippen molar-refractivity contribution in [3.8, 4) is 6.07 Å². The van der Waals surface area contributed by atoms with E-state index in [2.05, 4.69) is 16.0 Å². The predicted octanol–water partition coefficient (Wildman–Crippen LogP) is 3.43. The van der Waals surface area contributed by atoms with Gasteiger partial charge in [0, 0.05) is 29.7 Å². The molecule has 0 bridgehead atoms. The van der Waals surface area contributed by atoms with Crippen LogP contribution >= 0.6 is 11.6 Å². The zero-order valence-corrected chi connectivity index (χ0v) is 14.2. The molecular formula is C19H20ClN3O. The Kier molecular flexibility index (Phi) is 5.03. The van der Waals surface area contributed by atoms with E-state index in [1.54, 1.807) is 18.3 Å². The monoisotopic (exact) mass is 341 g/mol. The van der Waals surface area contributed by atoms with E-state index < -0.39 is 0 Å². The van der Waals surface area contributed by atoms with E-state index in [4.69, 9.17) is 11.6 Å². The van der Waals surface area contributed by atoms with Crippen molar-refractivity contribution in [1.82, 2.24) is 4.98 Å². The van der Waals surface area contributed by atoms with Crippen molar-refractivity contribution in [2.75, 3.05) is 24.6 Å². The van der Waals surface area contributed by atoms with Gasteiger partial charge in [0.2, 0.25) is 0 Å². The maximum atomic E-state index is 10.1. The summed E-state index contributed by atoms with van der Waals surface area (Å²) in [5.41, 5.74) is 1.46. The first kappa shape index (κ1) is 16.8. The minimum Gasteiger partial charge on any atom is -0.396 e. The van der Waals surface area contributed by atoms with Gasteiger partial charge in [-0.1, -0.05) is 23.7 Å². The smallest absolute Gasteiger partial charge is 0.146 e. The number of pyridine rings is 1. The molecule has 1 aliphatic heterocycles. The van der Waals surface area contributed by atoms with Crippen LogP contribution in [0.15, 0.2) is 42.6 Å². The number of hydrogen-bond donors (Lipinski definition) is 1. The Morgan fingerprint density at radius 1 is 1.33 bits per heavy atom. The van der Waals surface area contributed by atoms with Crippen LogP contribution in [0.2, 0.25) is 5.02 Å². The summed E-state index contributed by atoms with van der Waals surface area (Å²) in [6.07, 6.45) is 4.38. The number of aliphatic hydroxyl groups is 1. The number of nitriles is 1. The van der Waals surface area contributed by atoms with Crippen LogP contribution in [0.25, 0.3) is 0 Å². The van der Waals surface area contributed by atoms with E-state index in [-0.39, 0.29) is 12.0 Å². The number of halogens is 1. The lowest BCUT2D eigenvalue weighted by Crippen LogP contribution is -2.47. The summed E-state index contributed by atoms with van der Waals surface area (Å²) in [4.78, 5) is 6.52. The molecule has 0 radical (unpaired) electrons. The molecule has 1 fully saturated rings. The van der Waals surface area contributed by atoms with Crippen molar-refractivity contribution in [1.29, 1.82) is 5.26 Å². The molecule has 0 unspecified atom stereocenters. The lowest BCUT2D eigenvalue weighted by molar-refractivity contribution is 0.105. The Labute approximate surface area is 147 Å². The molecule has 1 N–H and O–H groups in total. The Hall–Kier alpha value is -2.09. The summed E-state index contributed by atoms with van der Waals surface area (Å²) in [6, 6.07) is 13.6. The second kappa shape index (κ2) is 7.21. The lowest BCUT2D eigenvalue weighted by Gasteiger charge is -2.42. The Bertz CT molecular complexity index is 758. The number of rotatable bonds is 4. The first-order valence-corrected chi connectivity index (χ1v) is 8.49. The highest BCUT2D eigenvalue weighted by Gasteiger charge is 2.36. The third kappa shape index (κ3) is 3.53. The van der Waals surface area contributed by atoms with Crippen LogP contribution in [-0.4, -0.2) is 29.8 Å². The second-order valence-electron chi connectivity index (χ2n) is 6.48. The van der Waals surface area contributed by atoms with Crippen molar-refractivity contribution >= 4 is 17.4 Å². The van der Waals surface area contributed by atoms with Gasteiger partial charge in [-0.2, -0.15) is 5.26 Å². The standard InChI is InChI=1S/C19H20ClN3O/c20-17-6-1-4-15(10-17)11-19(14-24)7-3-9-23(13-19)18-16(12-21)5-2-8-22-18/h1-2,4-6,8,10,24H,3,7,9,11,13-14H2/t19-/m1/s1. The highest BCUT2D eigenvalue weighted by molar-refractivity contribution is 6.30. The Balaban J connectivity index is 1.85. The molecule has 5 heteroatoms. The quantitative estimate of drug-likeness (QED) is 0.925. The lowest BCUT2D eigenvalue weighted by atomic mass is 9.75. The number of anilines is 1. The zero-order valence-electron chi connectivity index (χ0n) is 13.5. The van der Waals surface area contributed by atoms with E-state index in [9.17, 15) is 10.4 Å². The maximum Gasteiger partial charge on any atom is 0.146 e. The number of piperidine rings is 1. The van der Waals surface area contributed by atoms with Gasteiger partial charge in [0.1, 0.15) is 11.9 Å². The van der Waals surface area contributed by atoms with E-state index in [1.807, 2.05) is 24.3 Å². The van der Waals surface area contributed by atoms with Crippen LogP contribution < -0.4 is 4.90 Å². The zero-order chi connectivity index (χ0) is 17.0. The number of aromatic nitrogens is 1. The SMILES string of the molecule is N#Cc1cccnc1N1CCC[C@@](CO)(Cc2cccc(Cl)c2)C1. The average molecular weight is 342 g/mol. The number of benzene rings is 1. The molecule has 1 aliphatic rings. The maximum absolute atomic E-state index is 10.1. The topological polar surface area (TPSA) is 60.2 Å². The van der Waals surface area contributed by atoms with Crippen LogP contribution in [0.5, 0.6) is 0 Å². The largest absolute Gasteiger partial charge is 0.396 e. The van der Waals surface area contributed by atoms with Crippen molar-refractivity contribution in [2.24, 2.45) is 5.41 Å². The molecule has 1 atom stereocenters. The molecule has 1 saturated heterocycles. The van der Waals surface area contributed by atoms with E-state index in [0.29, 0.717) is 22.9 Å². The van der Waals surface area contributed by atoms with Gasteiger partial charge in [0.05, 0.1) is 12.2 Å². The molecule has 3 rings (SSSR count). The molecule has 0 saturated carbocycles. The summed E-state index contributed by atoms with van der Waals surface area (Å²) >= 11 is 6.10. The van der Waals surface area contributed by atoms with Crippen molar-refractivity contribution in [3.05, 3.63) is 58.7 Å². The fourth-order valence-corrected chi connectivity index (χ4v) is 3.75. The second-order valence-corrected chi connectivity index (χ2v) is 6.91. The molecule has 24 heavy (non-hydrogen) atoms. The summed E-state index contributed by atoms with van der Waals surface area (Å²) in [6.45, 7) is 1.63. The Morgan fingerprint density at radius 2 is 2.21 bits per heavy atom. The first-order chi connectivity index (χ1) is 11.7. The van der Waals surface area contributed by atoms with E-state index in [0.717, 1.165) is 31.4 Å². The number of nitrogens with zero attached hydrogens (tertiary/aromatic N) is 3. The van der Waals surface area contributed by atoms with Gasteiger partial charge in [-0.15, -0.1) is 0 Å². The van der Waals surface area contributed by atoms with Crippen molar-refractivity contribution in [3.63, 3.8) is 0 Å². The molecule has 0 aliphatic carbocycles. The fourth-order valence-electron chi connectivity index (χ4n) is 3.53. The molecule has 1 aromatic heterocycles. The van der Waals surface area contributed by atoms with Gasteiger partial charge in [-0.05, 0) is 49.1 Å². The van der Waals surface area contributed by atoms with Gasteiger partial charge in [0.15, 0.2) is 0 Å². The summed E-state index contributed by atoms with van der Waals surface area (Å²) in [5.74, 6) is 0.712. The van der Waals surface area contributed by atoms with Gasteiger partial charge >= 0.3 is 0 Å². The Morgan fingerprint density at radius 3 is 2.96 bits per heavy atom. The summed E-state index contributed by atoms with van der Waals surface area (Å²) < 4.78 is 0. The third-order valence-electron chi connectivity index (χ3n) is 4.67. The van der Waals surface area contributed by atoms with Gasteiger partial charge < -0.3 is 10.0 Å². The predicted molar refractivity (Wildman–Crippen MR) is 95.1 cm³/mol. The molecule has 2 heterocycles. The minimum atomic E-state index is -0.243. The van der Waals surface area contributed by atoms with Crippen LogP contribution in [0, 0.1) is 16.7 Å².